The van der Waals surface area contributed by atoms with Crippen molar-refractivity contribution in [3.8, 4) is 0 Å². The maximum Gasteiger partial charge on any atom is 0.219 e. The van der Waals surface area contributed by atoms with Crippen LogP contribution in [0, 0.1) is 13.8 Å². The van der Waals surface area contributed by atoms with Gasteiger partial charge in [0.25, 0.3) is 0 Å². The number of nitrogens with one attached hydrogen (secondary N) is 1. The molecule has 0 radical (unpaired) electrons. The lowest BCUT2D eigenvalue weighted by Crippen LogP contribution is -2.48. The highest BCUT2D eigenvalue weighted by Crippen LogP contribution is 2.27. The smallest absolute Gasteiger partial charge is 0.219 e. The van der Waals surface area contributed by atoms with E-state index >= 15 is 0 Å². The van der Waals surface area contributed by atoms with E-state index in [2.05, 4.69) is 20.2 Å². The van der Waals surface area contributed by atoms with Gasteiger partial charge in [0, 0.05) is 49.9 Å². The number of halogens is 1. The fourth-order valence-electron chi connectivity index (χ4n) is 2.91. The molecule has 2 aromatic rings. The first-order valence-corrected chi connectivity index (χ1v) is 8.70. The fraction of sp³-hybridized carbons (Fsp3) is 0.389. The average Bonchev–Trinajstić information content (AvgIpc) is 2.58. The second kappa shape index (κ2) is 7.27. The van der Waals surface area contributed by atoms with Gasteiger partial charge in [-0.3, -0.25) is 4.79 Å². The highest BCUT2D eigenvalue weighted by Gasteiger charge is 2.20. The van der Waals surface area contributed by atoms with Crippen LogP contribution < -0.4 is 10.2 Å². The van der Waals surface area contributed by atoms with Gasteiger partial charge in [0.15, 0.2) is 0 Å². The minimum absolute atomic E-state index is 0.123. The van der Waals surface area contributed by atoms with E-state index in [1.54, 1.807) is 6.92 Å². The van der Waals surface area contributed by atoms with Crippen molar-refractivity contribution in [3.63, 3.8) is 0 Å². The van der Waals surface area contributed by atoms with Crippen LogP contribution in [0.2, 0.25) is 5.02 Å². The summed E-state index contributed by atoms with van der Waals surface area (Å²) in [4.78, 5) is 24.6. The minimum Gasteiger partial charge on any atom is -0.353 e. The van der Waals surface area contributed by atoms with Gasteiger partial charge in [0.1, 0.15) is 17.5 Å². The summed E-state index contributed by atoms with van der Waals surface area (Å²) in [6.07, 6.45) is 0. The van der Waals surface area contributed by atoms with Crippen molar-refractivity contribution in [1.82, 2.24) is 14.9 Å². The van der Waals surface area contributed by atoms with Gasteiger partial charge in [-0.1, -0.05) is 17.7 Å². The van der Waals surface area contributed by atoms with E-state index in [1.165, 1.54) is 0 Å². The molecule has 1 N–H and O–H groups in total. The van der Waals surface area contributed by atoms with Crippen molar-refractivity contribution in [2.24, 2.45) is 0 Å². The summed E-state index contributed by atoms with van der Waals surface area (Å²) < 4.78 is 0. The first-order chi connectivity index (χ1) is 11.9. The molecule has 25 heavy (non-hydrogen) atoms. The van der Waals surface area contributed by atoms with Crippen LogP contribution in [-0.4, -0.2) is 47.0 Å². The maximum absolute atomic E-state index is 11.5. The zero-order chi connectivity index (χ0) is 18.0. The lowest BCUT2D eigenvalue weighted by atomic mass is 10.2. The van der Waals surface area contributed by atoms with Crippen LogP contribution in [0.5, 0.6) is 0 Å². The maximum atomic E-state index is 11.5. The number of hydrogen-bond acceptors (Lipinski definition) is 5. The van der Waals surface area contributed by atoms with Crippen LogP contribution in [0.15, 0.2) is 24.3 Å². The number of piperazine rings is 1. The molecule has 0 saturated carbocycles. The molecular formula is C18H22ClN5O. The van der Waals surface area contributed by atoms with E-state index in [0.29, 0.717) is 18.9 Å². The van der Waals surface area contributed by atoms with Crippen LogP contribution in [-0.2, 0) is 4.79 Å². The summed E-state index contributed by atoms with van der Waals surface area (Å²) >= 11 is 6.19. The summed E-state index contributed by atoms with van der Waals surface area (Å²) in [5.74, 6) is 2.44. The van der Waals surface area contributed by atoms with E-state index in [-0.39, 0.29) is 5.91 Å². The number of nitrogens with zero attached hydrogens (tertiary/aromatic N) is 4. The number of aryl methyl sites for hydroxylation is 1. The second-order valence-corrected chi connectivity index (χ2v) is 6.60. The van der Waals surface area contributed by atoms with Gasteiger partial charge in [-0.2, -0.15) is 0 Å². The topological polar surface area (TPSA) is 61.4 Å². The lowest BCUT2D eigenvalue weighted by Gasteiger charge is -2.35. The second-order valence-electron chi connectivity index (χ2n) is 6.19. The fourth-order valence-corrected chi connectivity index (χ4v) is 3.08. The van der Waals surface area contributed by atoms with E-state index in [4.69, 9.17) is 11.6 Å². The average molecular weight is 360 g/mol. The first kappa shape index (κ1) is 17.5. The molecule has 3 rings (SSSR count). The van der Waals surface area contributed by atoms with Crippen LogP contribution in [0.25, 0.3) is 0 Å². The summed E-state index contributed by atoms with van der Waals surface area (Å²) in [6.45, 7) is 8.44. The molecule has 0 spiro atoms. The summed E-state index contributed by atoms with van der Waals surface area (Å²) in [7, 11) is 0. The van der Waals surface area contributed by atoms with E-state index in [1.807, 2.05) is 43.0 Å². The molecule has 1 aliphatic heterocycles. The van der Waals surface area contributed by atoms with Gasteiger partial charge in [-0.15, -0.1) is 0 Å². The molecule has 1 fully saturated rings. The Balaban J connectivity index is 1.79. The molecule has 0 unspecified atom stereocenters. The highest BCUT2D eigenvalue weighted by molar-refractivity contribution is 6.31. The van der Waals surface area contributed by atoms with Crippen molar-refractivity contribution in [2.75, 3.05) is 36.4 Å². The normalized spacial score (nSPS) is 14.6. The van der Waals surface area contributed by atoms with Gasteiger partial charge in [0.05, 0.1) is 0 Å². The van der Waals surface area contributed by atoms with Gasteiger partial charge < -0.3 is 15.1 Å². The first-order valence-electron chi connectivity index (χ1n) is 8.32. The van der Waals surface area contributed by atoms with Crippen molar-refractivity contribution in [2.45, 2.75) is 20.8 Å². The van der Waals surface area contributed by atoms with Crippen LogP contribution in [0.1, 0.15) is 18.3 Å². The van der Waals surface area contributed by atoms with Crippen molar-refractivity contribution < 1.29 is 4.79 Å². The molecule has 6 nitrogen and oxygen atoms in total. The quantitative estimate of drug-likeness (QED) is 0.912. The Morgan fingerprint density at radius 1 is 1.16 bits per heavy atom. The van der Waals surface area contributed by atoms with E-state index < -0.39 is 0 Å². The molecule has 0 atom stereocenters. The van der Waals surface area contributed by atoms with Gasteiger partial charge >= 0.3 is 0 Å². The van der Waals surface area contributed by atoms with Crippen molar-refractivity contribution in [1.29, 1.82) is 0 Å². The van der Waals surface area contributed by atoms with Gasteiger partial charge in [-0.25, -0.2) is 9.97 Å². The molecule has 2 heterocycles. The Labute approximate surface area is 152 Å². The number of amides is 1. The lowest BCUT2D eigenvalue weighted by molar-refractivity contribution is -0.129. The number of carbonyl (C=O) groups excluding carboxylic acids is 1. The molecule has 7 heteroatoms. The SMILES string of the molecule is CC(=O)N1CCN(c2cc(Nc3cccc(Cl)c3C)nc(C)n2)CC1. The Morgan fingerprint density at radius 3 is 2.56 bits per heavy atom. The Bertz CT molecular complexity index is 787. The number of rotatable bonds is 3. The number of anilines is 3. The Hall–Kier alpha value is -2.34. The summed E-state index contributed by atoms with van der Waals surface area (Å²) in [5.41, 5.74) is 1.91. The number of aromatic nitrogens is 2. The third-order valence-corrected chi connectivity index (χ3v) is 4.81. The summed E-state index contributed by atoms with van der Waals surface area (Å²) in [6, 6.07) is 7.70. The molecule has 132 valence electrons. The predicted molar refractivity (Wildman–Crippen MR) is 101 cm³/mol. The number of carbonyl (C=O) groups is 1. The molecule has 0 bridgehead atoms. The molecule has 1 amide bonds. The molecule has 1 aromatic carbocycles. The van der Waals surface area contributed by atoms with Crippen LogP contribution in [0.4, 0.5) is 17.3 Å². The monoisotopic (exact) mass is 359 g/mol. The molecule has 0 aliphatic carbocycles. The molecule has 1 aromatic heterocycles. The minimum atomic E-state index is 0.123. The number of hydrogen-bond donors (Lipinski definition) is 1. The third kappa shape index (κ3) is 4.02. The highest BCUT2D eigenvalue weighted by atomic mass is 35.5. The van der Waals surface area contributed by atoms with Gasteiger partial charge in [-0.05, 0) is 31.5 Å². The Morgan fingerprint density at radius 2 is 1.88 bits per heavy atom. The molecule has 1 saturated heterocycles. The predicted octanol–water partition coefficient (Wildman–Crippen LogP) is 3.16. The third-order valence-electron chi connectivity index (χ3n) is 4.40. The Kier molecular flexibility index (Phi) is 5.08. The summed E-state index contributed by atoms with van der Waals surface area (Å²) in [5, 5.41) is 4.05. The van der Waals surface area contributed by atoms with Crippen LogP contribution >= 0.6 is 11.6 Å². The van der Waals surface area contributed by atoms with Gasteiger partial charge in [0.2, 0.25) is 5.91 Å². The zero-order valence-corrected chi connectivity index (χ0v) is 15.5. The van der Waals surface area contributed by atoms with Crippen molar-refractivity contribution >= 4 is 34.8 Å². The standard InChI is InChI=1S/C18H22ClN5O/c1-12-15(19)5-4-6-16(12)22-17-11-18(21-13(2)20-17)24-9-7-23(8-10-24)14(3)25/h4-6,11H,7-10H2,1-3H3,(H,20,21,22). The van der Waals surface area contributed by atoms with E-state index in [9.17, 15) is 4.79 Å². The zero-order valence-electron chi connectivity index (χ0n) is 14.7. The molecule has 1 aliphatic rings. The largest absolute Gasteiger partial charge is 0.353 e. The van der Waals surface area contributed by atoms with E-state index in [0.717, 1.165) is 41.0 Å². The number of benzene rings is 1. The molecular weight excluding hydrogens is 338 g/mol. The van der Waals surface area contributed by atoms with Crippen LogP contribution in [0.3, 0.4) is 0 Å². The van der Waals surface area contributed by atoms with Crippen molar-refractivity contribution in [3.05, 3.63) is 40.7 Å².